The van der Waals surface area contributed by atoms with Crippen molar-refractivity contribution in [2.24, 2.45) is 0 Å². The Kier molecular flexibility index (Phi) is 6.17. The first kappa shape index (κ1) is 22.9. The number of methoxy groups -OCH3 is 2. The zero-order chi connectivity index (χ0) is 24.5. The molecule has 0 N–H and O–H groups in total. The Hall–Kier alpha value is -3.85. The zero-order valence-electron chi connectivity index (χ0n) is 19.7. The molecule has 4 aromatic rings. The van der Waals surface area contributed by atoms with E-state index in [0.29, 0.717) is 35.9 Å². The van der Waals surface area contributed by atoms with Crippen LogP contribution in [0.15, 0.2) is 48.5 Å². The predicted molar refractivity (Wildman–Crippen MR) is 133 cm³/mol. The Bertz CT molecular complexity index is 1410. The van der Waals surface area contributed by atoms with Crippen molar-refractivity contribution in [3.63, 3.8) is 0 Å². The molecule has 0 bridgehead atoms. The van der Waals surface area contributed by atoms with E-state index in [1.165, 1.54) is 11.3 Å². The van der Waals surface area contributed by atoms with Crippen LogP contribution in [-0.4, -0.2) is 53.9 Å². The van der Waals surface area contributed by atoms with Gasteiger partial charge in [0.2, 0.25) is 0 Å². The number of carbonyl (C=O) groups excluding carboxylic acids is 2. The third kappa shape index (κ3) is 4.35. The van der Waals surface area contributed by atoms with Gasteiger partial charge in [-0.15, -0.1) is 11.3 Å². The molecular formula is C26H25N3O5S. The fourth-order valence-electron chi connectivity index (χ4n) is 4.28. The molecule has 35 heavy (non-hydrogen) atoms. The minimum atomic E-state index is -0.512. The smallest absolute Gasteiger partial charge is 0.348 e. The second-order valence-electron chi connectivity index (χ2n) is 8.28. The van der Waals surface area contributed by atoms with Gasteiger partial charge in [0.05, 0.1) is 25.6 Å². The summed E-state index contributed by atoms with van der Waals surface area (Å²) < 4.78 is 18.0. The Labute approximate surface area is 206 Å². The van der Waals surface area contributed by atoms with E-state index in [1.54, 1.807) is 25.2 Å². The molecule has 5 rings (SSSR count). The van der Waals surface area contributed by atoms with Crippen LogP contribution in [0.4, 0.5) is 0 Å². The van der Waals surface area contributed by atoms with E-state index in [4.69, 9.17) is 14.2 Å². The molecule has 0 spiro atoms. The lowest BCUT2D eigenvalue weighted by Crippen LogP contribution is -2.38. The number of para-hydroxylation sites is 1. The first-order valence-electron chi connectivity index (χ1n) is 11.2. The van der Waals surface area contributed by atoms with Crippen molar-refractivity contribution in [2.75, 3.05) is 27.4 Å². The maximum Gasteiger partial charge on any atom is 0.348 e. The van der Waals surface area contributed by atoms with Gasteiger partial charge >= 0.3 is 5.97 Å². The van der Waals surface area contributed by atoms with Gasteiger partial charge in [-0.2, -0.15) is 5.10 Å². The number of amides is 1. The van der Waals surface area contributed by atoms with E-state index in [-0.39, 0.29) is 12.5 Å². The molecule has 2 aromatic carbocycles. The number of fused-ring (bicyclic) bond motifs is 2. The minimum Gasteiger partial charge on any atom is -0.493 e. The van der Waals surface area contributed by atoms with Gasteiger partial charge in [-0.3, -0.25) is 4.79 Å². The third-order valence-corrected chi connectivity index (χ3v) is 7.23. The van der Waals surface area contributed by atoms with Gasteiger partial charge in [0.15, 0.2) is 18.1 Å². The lowest BCUT2D eigenvalue weighted by molar-refractivity contribution is -0.135. The molecule has 0 saturated heterocycles. The fourth-order valence-corrected chi connectivity index (χ4v) is 5.35. The summed E-state index contributed by atoms with van der Waals surface area (Å²) in [6.07, 6.45) is 0.695. The first-order chi connectivity index (χ1) is 17.0. The van der Waals surface area contributed by atoms with Crippen LogP contribution in [0.2, 0.25) is 0 Å². The molecule has 0 radical (unpaired) electrons. The molecule has 0 unspecified atom stereocenters. The molecule has 0 atom stereocenters. The SMILES string of the molecule is COc1cc2c(cc1OC)CN(C(=O)COC(=O)c1cc3c(C)nn(-c4ccccc4)c3s1)CC2. The van der Waals surface area contributed by atoms with E-state index in [9.17, 15) is 9.59 Å². The molecule has 2 aromatic heterocycles. The van der Waals surface area contributed by atoms with Gasteiger partial charge in [-0.1, -0.05) is 18.2 Å². The quantitative estimate of drug-likeness (QED) is 0.377. The molecule has 3 heterocycles. The van der Waals surface area contributed by atoms with Gasteiger partial charge in [-0.05, 0) is 54.8 Å². The predicted octanol–water partition coefficient (Wildman–Crippen LogP) is 4.15. The number of rotatable bonds is 6. The summed E-state index contributed by atoms with van der Waals surface area (Å²) >= 11 is 1.31. The molecule has 0 saturated carbocycles. The molecule has 1 aliphatic heterocycles. The summed E-state index contributed by atoms with van der Waals surface area (Å²) in [6, 6.07) is 15.4. The van der Waals surface area contributed by atoms with Crippen molar-refractivity contribution < 1.29 is 23.8 Å². The van der Waals surface area contributed by atoms with E-state index in [2.05, 4.69) is 5.10 Å². The zero-order valence-corrected chi connectivity index (χ0v) is 20.6. The van der Waals surface area contributed by atoms with Gasteiger partial charge in [0, 0.05) is 18.5 Å². The molecule has 180 valence electrons. The number of nitrogens with zero attached hydrogens (tertiary/aromatic N) is 3. The van der Waals surface area contributed by atoms with Gasteiger partial charge in [0.25, 0.3) is 5.91 Å². The number of ether oxygens (including phenoxy) is 3. The van der Waals surface area contributed by atoms with E-state index >= 15 is 0 Å². The highest BCUT2D eigenvalue weighted by atomic mass is 32.1. The van der Waals surface area contributed by atoms with Crippen LogP contribution >= 0.6 is 11.3 Å². The van der Waals surface area contributed by atoms with Crippen molar-refractivity contribution in [3.8, 4) is 17.2 Å². The van der Waals surface area contributed by atoms with Gasteiger partial charge in [-0.25, -0.2) is 9.48 Å². The molecule has 8 nitrogen and oxygen atoms in total. The standard InChI is InChI=1S/C26H25N3O5S/c1-16-20-13-23(35-25(20)29(27-16)19-7-5-4-6-8-19)26(31)34-15-24(30)28-10-9-17-11-21(32-2)22(33-3)12-18(17)14-28/h4-8,11-13H,9-10,14-15H2,1-3H3. The van der Waals surface area contributed by atoms with Crippen LogP contribution in [0.3, 0.4) is 0 Å². The normalized spacial score (nSPS) is 12.9. The summed E-state index contributed by atoms with van der Waals surface area (Å²) in [7, 11) is 3.19. The number of esters is 1. The number of hydrogen-bond donors (Lipinski definition) is 0. The Balaban J connectivity index is 1.26. The number of carbonyl (C=O) groups is 2. The molecule has 1 amide bonds. The summed E-state index contributed by atoms with van der Waals surface area (Å²) in [5.41, 5.74) is 3.87. The second kappa shape index (κ2) is 9.42. The summed E-state index contributed by atoms with van der Waals surface area (Å²) in [6.45, 7) is 2.58. The lowest BCUT2D eigenvalue weighted by Gasteiger charge is -2.29. The highest BCUT2D eigenvalue weighted by Gasteiger charge is 2.25. The van der Waals surface area contributed by atoms with Crippen LogP contribution in [0, 0.1) is 6.92 Å². The van der Waals surface area contributed by atoms with Crippen LogP contribution in [0.5, 0.6) is 11.5 Å². The van der Waals surface area contributed by atoms with Crippen molar-refractivity contribution in [1.82, 2.24) is 14.7 Å². The Morgan fingerprint density at radius 3 is 2.46 bits per heavy atom. The van der Waals surface area contributed by atoms with E-state index in [0.717, 1.165) is 32.7 Å². The topological polar surface area (TPSA) is 82.9 Å². The molecule has 0 fully saturated rings. The van der Waals surface area contributed by atoms with Crippen molar-refractivity contribution in [2.45, 2.75) is 19.9 Å². The van der Waals surface area contributed by atoms with Gasteiger partial charge in [0.1, 0.15) is 9.71 Å². The number of aromatic nitrogens is 2. The molecule has 0 aliphatic carbocycles. The molecule has 9 heteroatoms. The average molecular weight is 492 g/mol. The number of hydrogen-bond acceptors (Lipinski definition) is 7. The molecular weight excluding hydrogens is 466 g/mol. The van der Waals surface area contributed by atoms with Crippen LogP contribution in [-0.2, 0) is 22.5 Å². The van der Waals surface area contributed by atoms with E-state index < -0.39 is 5.97 Å². The van der Waals surface area contributed by atoms with E-state index in [1.807, 2.05) is 54.1 Å². The van der Waals surface area contributed by atoms with Crippen LogP contribution in [0.25, 0.3) is 15.9 Å². The monoisotopic (exact) mass is 491 g/mol. The lowest BCUT2D eigenvalue weighted by atomic mass is 9.99. The van der Waals surface area contributed by atoms with Crippen molar-refractivity contribution in [1.29, 1.82) is 0 Å². The number of benzene rings is 2. The maximum absolute atomic E-state index is 12.8. The first-order valence-corrected chi connectivity index (χ1v) is 12.0. The third-order valence-electron chi connectivity index (χ3n) is 6.14. The minimum absolute atomic E-state index is 0.230. The van der Waals surface area contributed by atoms with Crippen molar-refractivity contribution >= 4 is 33.4 Å². The fraction of sp³-hybridized carbons (Fsp3) is 0.269. The molecule has 1 aliphatic rings. The Morgan fingerprint density at radius 2 is 1.74 bits per heavy atom. The number of thiophene rings is 1. The second-order valence-corrected chi connectivity index (χ2v) is 9.31. The van der Waals surface area contributed by atoms with Gasteiger partial charge < -0.3 is 19.1 Å². The average Bonchev–Trinajstić information content (AvgIpc) is 3.46. The largest absolute Gasteiger partial charge is 0.493 e. The van der Waals surface area contributed by atoms with Crippen LogP contribution < -0.4 is 9.47 Å². The number of aryl methyl sites for hydroxylation is 1. The maximum atomic E-state index is 12.8. The van der Waals surface area contributed by atoms with Crippen molar-refractivity contribution in [3.05, 3.63) is 70.2 Å². The van der Waals surface area contributed by atoms with Crippen LogP contribution in [0.1, 0.15) is 26.5 Å². The summed E-state index contributed by atoms with van der Waals surface area (Å²) in [5.74, 6) is 0.559. The Morgan fingerprint density at radius 1 is 1.03 bits per heavy atom. The summed E-state index contributed by atoms with van der Waals surface area (Å²) in [4.78, 5) is 28.6. The summed E-state index contributed by atoms with van der Waals surface area (Å²) in [5, 5.41) is 5.49. The highest BCUT2D eigenvalue weighted by Crippen LogP contribution is 2.33. The highest BCUT2D eigenvalue weighted by molar-refractivity contribution is 7.20.